The van der Waals surface area contributed by atoms with E-state index in [0.29, 0.717) is 19.1 Å². The van der Waals surface area contributed by atoms with Crippen LogP contribution in [-0.2, 0) is 14.8 Å². The van der Waals surface area contributed by atoms with E-state index in [1.807, 2.05) is 0 Å². The van der Waals surface area contributed by atoms with Gasteiger partial charge in [0.2, 0.25) is 15.8 Å². The van der Waals surface area contributed by atoms with Crippen LogP contribution >= 0.6 is 0 Å². The SMILES string of the molecule is O=[N+]([O-])c1ccc(S(=O)(=O)NC2CCOC2)cc1F. The average Bonchev–Trinajstić information content (AvgIpc) is 2.80. The number of nitrogens with one attached hydrogen (secondary N) is 1. The van der Waals surface area contributed by atoms with Crippen LogP contribution in [0.2, 0.25) is 0 Å². The average molecular weight is 290 g/mol. The molecule has 0 amide bonds. The zero-order valence-electron chi connectivity index (χ0n) is 9.71. The van der Waals surface area contributed by atoms with E-state index in [2.05, 4.69) is 4.72 Å². The molecule has 1 unspecified atom stereocenters. The number of ether oxygens (including phenoxy) is 1. The number of halogens is 1. The van der Waals surface area contributed by atoms with Gasteiger partial charge in [0.1, 0.15) is 0 Å². The molecule has 0 bridgehead atoms. The van der Waals surface area contributed by atoms with Crippen molar-refractivity contribution in [2.45, 2.75) is 17.4 Å². The molecule has 2 rings (SSSR count). The number of hydrogen-bond donors (Lipinski definition) is 1. The lowest BCUT2D eigenvalue weighted by Gasteiger charge is -2.11. The molecule has 0 aliphatic carbocycles. The monoisotopic (exact) mass is 290 g/mol. The highest BCUT2D eigenvalue weighted by molar-refractivity contribution is 7.89. The fraction of sp³-hybridized carbons (Fsp3) is 0.400. The van der Waals surface area contributed by atoms with Crippen molar-refractivity contribution in [3.63, 3.8) is 0 Å². The van der Waals surface area contributed by atoms with Gasteiger partial charge in [-0.2, -0.15) is 4.39 Å². The van der Waals surface area contributed by atoms with Crippen molar-refractivity contribution >= 4 is 15.7 Å². The van der Waals surface area contributed by atoms with Crippen LogP contribution in [0.3, 0.4) is 0 Å². The molecule has 1 aliphatic heterocycles. The van der Waals surface area contributed by atoms with E-state index in [9.17, 15) is 22.9 Å². The molecule has 1 aromatic carbocycles. The van der Waals surface area contributed by atoms with Crippen molar-refractivity contribution in [3.8, 4) is 0 Å². The Morgan fingerprint density at radius 2 is 2.21 bits per heavy atom. The molecule has 1 heterocycles. The van der Waals surface area contributed by atoms with Crippen LogP contribution in [0.5, 0.6) is 0 Å². The van der Waals surface area contributed by atoms with E-state index in [1.54, 1.807) is 0 Å². The maximum atomic E-state index is 13.4. The molecule has 0 saturated carbocycles. The van der Waals surface area contributed by atoms with E-state index >= 15 is 0 Å². The maximum Gasteiger partial charge on any atom is 0.304 e. The summed E-state index contributed by atoms with van der Waals surface area (Å²) in [5.74, 6) is -1.18. The van der Waals surface area contributed by atoms with Gasteiger partial charge in [-0.25, -0.2) is 13.1 Å². The molecule has 7 nitrogen and oxygen atoms in total. The fourth-order valence-corrected chi connectivity index (χ4v) is 2.98. The quantitative estimate of drug-likeness (QED) is 0.653. The van der Waals surface area contributed by atoms with Gasteiger partial charge in [-0.1, -0.05) is 0 Å². The first-order valence-electron chi connectivity index (χ1n) is 5.44. The van der Waals surface area contributed by atoms with Crippen LogP contribution in [0, 0.1) is 15.9 Å². The van der Waals surface area contributed by atoms with Gasteiger partial charge in [0, 0.05) is 24.8 Å². The summed E-state index contributed by atoms with van der Waals surface area (Å²) in [7, 11) is -3.90. The standard InChI is InChI=1S/C10H11FN2O5S/c11-9-5-8(1-2-10(9)13(14)15)19(16,17)12-7-3-4-18-6-7/h1-2,5,7,12H,3-4,6H2. The Hall–Kier alpha value is -1.58. The smallest absolute Gasteiger partial charge is 0.304 e. The zero-order valence-corrected chi connectivity index (χ0v) is 10.5. The van der Waals surface area contributed by atoms with Gasteiger partial charge in [-0.15, -0.1) is 0 Å². The Balaban J connectivity index is 2.25. The van der Waals surface area contributed by atoms with Crippen molar-refractivity contribution in [2.75, 3.05) is 13.2 Å². The number of hydrogen-bond acceptors (Lipinski definition) is 5. The predicted molar refractivity (Wildman–Crippen MR) is 62.6 cm³/mol. The summed E-state index contributed by atoms with van der Waals surface area (Å²) in [6.45, 7) is 0.719. The van der Waals surface area contributed by atoms with Crippen LogP contribution in [0.15, 0.2) is 23.1 Å². The Morgan fingerprint density at radius 1 is 1.47 bits per heavy atom. The zero-order chi connectivity index (χ0) is 14.0. The Bertz CT molecular complexity index is 598. The summed E-state index contributed by atoms with van der Waals surface area (Å²) >= 11 is 0. The normalized spacial score (nSPS) is 19.5. The van der Waals surface area contributed by atoms with Crippen LogP contribution in [0.25, 0.3) is 0 Å². The minimum Gasteiger partial charge on any atom is -0.380 e. The molecule has 1 aliphatic rings. The lowest BCUT2D eigenvalue weighted by molar-refractivity contribution is -0.387. The van der Waals surface area contributed by atoms with Crippen molar-refractivity contribution < 1.29 is 22.5 Å². The minimum absolute atomic E-state index is 0.259. The van der Waals surface area contributed by atoms with Gasteiger partial charge in [0.15, 0.2) is 0 Å². The third kappa shape index (κ3) is 3.06. The third-order valence-electron chi connectivity index (χ3n) is 2.68. The lowest BCUT2D eigenvalue weighted by atomic mass is 10.3. The number of rotatable bonds is 4. The van der Waals surface area contributed by atoms with Crippen LogP contribution in [0.4, 0.5) is 10.1 Å². The Kier molecular flexibility index (Phi) is 3.78. The summed E-state index contributed by atoms with van der Waals surface area (Å²) in [5.41, 5.74) is -0.761. The van der Waals surface area contributed by atoms with Gasteiger partial charge in [0.05, 0.1) is 16.4 Å². The largest absolute Gasteiger partial charge is 0.380 e. The van der Waals surface area contributed by atoms with E-state index < -0.39 is 26.5 Å². The molecule has 19 heavy (non-hydrogen) atoms. The molecule has 1 saturated heterocycles. The third-order valence-corrected chi connectivity index (χ3v) is 4.20. The number of benzene rings is 1. The fourth-order valence-electron chi connectivity index (χ4n) is 1.72. The van der Waals surface area contributed by atoms with Crippen molar-refractivity contribution in [2.24, 2.45) is 0 Å². The van der Waals surface area contributed by atoms with Gasteiger partial charge >= 0.3 is 5.69 Å². The highest BCUT2D eigenvalue weighted by atomic mass is 32.2. The highest BCUT2D eigenvalue weighted by Gasteiger charge is 2.25. The van der Waals surface area contributed by atoms with Gasteiger partial charge in [0.25, 0.3) is 0 Å². The molecule has 0 aromatic heterocycles. The van der Waals surface area contributed by atoms with Crippen molar-refractivity contribution in [1.82, 2.24) is 4.72 Å². The Labute approximate surface area is 108 Å². The lowest BCUT2D eigenvalue weighted by Crippen LogP contribution is -2.35. The summed E-state index contributed by atoms with van der Waals surface area (Å²) in [5, 5.41) is 10.4. The van der Waals surface area contributed by atoms with Crippen molar-refractivity contribution in [3.05, 3.63) is 34.1 Å². The molecule has 104 valence electrons. The van der Waals surface area contributed by atoms with Crippen LogP contribution in [-0.4, -0.2) is 32.6 Å². The topological polar surface area (TPSA) is 98.5 Å². The number of nitro groups is 1. The molecular weight excluding hydrogens is 279 g/mol. The molecule has 1 N–H and O–H groups in total. The number of sulfonamides is 1. The first-order valence-corrected chi connectivity index (χ1v) is 6.92. The minimum atomic E-state index is -3.90. The molecule has 1 aromatic rings. The molecule has 1 atom stereocenters. The second kappa shape index (κ2) is 5.19. The number of nitrogens with zero attached hydrogens (tertiary/aromatic N) is 1. The first kappa shape index (κ1) is 13.8. The van der Waals surface area contributed by atoms with Gasteiger partial charge < -0.3 is 4.74 Å². The Morgan fingerprint density at radius 3 is 2.74 bits per heavy atom. The highest BCUT2D eigenvalue weighted by Crippen LogP contribution is 2.21. The molecular formula is C10H11FN2O5S. The second-order valence-electron chi connectivity index (χ2n) is 4.05. The van der Waals surface area contributed by atoms with E-state index in [1.165, 1.54) is 0 Å². The molecule has 0 radical (unpaired) electrons. The van der Waals surface area contributed by atoms with E-state index in [0.717, 1.165) is 12.1 Å². The van der Waals surface area contributed by atoms with Gasteiger partial charge in [-0.05, 0) is 12.5 Å². The summed E-state index contributed by atoms with van der Waals surface area (Å²) in [6.07, 6.45) is 0.536. The maximum absolute atomic E-state index is 13.4. The van der Waals surface area contributed by atoms with Crippen LogP contribution < -0.4 is 4.72 Å². The molecule has 1 fully saturated rings. The van der Waals surface area contributed by atoms with E-state index in [-0.39, 0.29) is 17.5 Å². The summed E-state index contributed by atoms with van der Waals surface area (Å²) in [4.78, 5) is 9.19. The molecule has 0 spiro atoms. The summed E-state index contributed by atoms with van der Waals surface area (Å²) in [6, 6.07) is 2.10. The first-order chi connectivity index (χ1) is 8.90. The van der Waals surface area contributed by atoms with Crippen molar-refractivity contribution in [1.29, 1.82) is 0 Å². The molecule has 9 heteroatoms. The van der Waals surface area contributed by atoms with Gasteiger partial charge in [-0.3, -0.25) is 10.1 Å². The predicted octanol–water partition coefficient (Wildman–Crippen LogP) is 0.801. The number of nitro benzene ring substituents is 1. The second-order valence-corrected chi connectivity index (χ2v) is 5.77. The van der Waals surface area contributed by atoms with Crippen LogP contribution in [0.1, 0.15) is 6.42 Å². The van der Waals surface area contributed by atoms with E-state index in [4.69, 9.17) is 4.74 Å². The summed E-state index contributed by atoms with van der Waals surface area (Å²) < 4.78 is 44.6.